The van der Waals surface area contributed by atoms with Crippen molar-refractivity contribution in [1.29, 1.82) is 0 Å². The largest absolute Gasteiger partial charge is 0.399 e. The summed E-state index contributed by atoms with van der Waals surface area (Å²) in [7, 11) is 0. The van der Waals surface area contributed by atoms with E-state index in [1.807, 2.05) is 12.1 Å². The van der Waals surface area contributed by atoms with Gasteiger partial charge in [0.2, 0.25) is 0 Å². The number of anilines is 2. The lowest BCUT2D eigenvalue weighted by atomic mass is 9.98. The van der Waals surface area contributed by atoms with Gasteiger partial charge in [-0.25, -0.2) is 0 Å². The molecule has 2 fully saturated rings. The number of piperidine rings is 2. The Morgan fingerprint density at radius 1 is 1.00 bits per heavy atom. The fraction of sp³-hybridized carbons (Fsp3) is 0.625. The fourth-order valence-corrected chi connectivity index (χ4v) is 3.49. The van der Waals surface area contributed by atoms with E-state index in [1.165, 1.54) is 18.5 Å². The van der Waals surface area contributed by atoms with Crippen molar-refractivity contribution in [2.45, 2.75) is 37.8 Å². The molecular formula is C16H25N3O. The van der Waals surface area contributed by atoms with Gasteiger partial charge in [0.1, 0.15) is 0 Å². The minimum Gasteiger partial charge on any atom is -0.399 e. The number of aliphatic hydroxyl groups excluding tert-OH is 1. The predicted molar refractivity (Wildman–Crippen MR) is 82.9 cm³/mol. The minimum absolute atomic E-state index is 0.112. The van der Waals surface area contributed by atoms with Gasteiger partial charge in [0, 0.05) is 37.1 Å². The highest BCUT2D eigenvalue weighted by Gasteiger charge is 2.28. The molecule has 0 aromatic heterocycles. The van der Waals surface area contributed by atoms with Crippen molar-refractivity contribution in [1.82, 2.24) is 4.90 Å². The fourth-order valence-electron chi connectivity index (χ4n) is 3.49. The molecule has 4 heteroatoms. The maximum atomic E-state index is 9.80. The number of β-amino-alcohol motifs (C(OH)–C–C–N with tert-alkyl or cyclic N) is 1. The van der Waals surface area contributed by atoms with Crippen LogP contribution >= 0.6 is 0 Å². The third-order valence-electron chi connectivity index (χ3n) is 4.67. The number of hydrogen-bond donors (Lipinski definition) is 2. The Bertz CT molecular complexity index is 426. The van der Waals surface area contributed by atoms with Gasteiger partial charge in [-0.05, 0) is 56.5 Å². The lowest BCUT2D eigenvalue weighted by Crippen LogP contribution is -2.49. The minimum atomic E-state index is -0.112. The SMILES string of the molecule is Nc1ccc(N2CCC(N3CCC[C@H](O)C3)CC2)cc1. The number of nitrogens with zero attached hydrogens (tertiary/aromatic N) is 2. The smallest absolute Gasteiger partial charge is 0.0667 e. The number of rotatable bonds is 2. The molecule has 0 aliphatic carbocycles. The molecule has 3 N–H and O–H groups in total. The molecule has 0 radical (unpaired) electrons. The van der Waals surface area contributed by atoms with Crippen LogP contribution < -0.4 is 10.6 Å². The van der Waals surface area contributed by atoms with Crippen molar-refractivity contribution in [3.63, 3.8) is 0 Å². The molecule has 0 bridgehead atoms. The van der Waals surface area contributed by atoms with Crippen LogP contribution in [0, 0.1) is 0 Å². The summed E-state index contributed by atoms with van der Waals surface area (Å²) in [5.74, 6) is 0. The van der Waals surface area contributed by atoms with E-state index < -0.39 is 0 Å². The first-order valence-electron chi connectivity index (χ1n) is 7.75. The van der Waals surface area contributed by atoms with Crippen LogP contribution in [-0.2, 0) is 0 Å². The first-order chi connectivity index (χ1) is 9.72. The number of aliphatic hydroxyl groups is 1. The molecule has 1 aromatic rings. The van der Waals surface area contributed by atoms with Crippen LogP contribution in [-0.4, -0.2) is 48.3 Å². The molecule has 20 heavy (non-hydrogen) atoms. The molecule has 3 rings (SSSR count). The number of benzene rings is 1. The van der Waals surface area contributed by atoms with E-state index in [4.69, 9.17) is 5.73 Å². The van der Waals surface area contributed by atoms with Gasteiger partial charge in [-0.3, -0.25) is 4.90 Å². The Balaban J connectivity index is 1.55. The molecule has 2 saturated heterocycles. The summed E-state index contributed by atoms with van der Waals surface area (Å²) in [4.78, 5) is 4.94. The zero-order chi connectivity index (χ0) is 13.9. The molecule has 1 aromatic carbocycles. The summed E-state index contributed by atoms with van der Waals surface area (Å²) in [5, 5.41) is 9.80. The van der Waals surface area contributed by atoms with Crippen LogP contribution in [0.25, 0.3) is 0 Å². The summed E-state index contributed by atoms with van der Waals surface area (Å²) in [6, 6.07) is 8.82. The molecule has 110 valence electrons. The van der Waals surface area contributed by atoms with E-state index in [0.717, 1.165) is 44.7 Å². The van der Waals surface area contributed by atoms with Crippen LogP contribution in [0.4, 0.5) is 11.4 Å². The lowest BCUT2D eigenvalue weighted by Gasteiger charge is -2.42. The van der Waals surface area contributed by atoms with Gasteiger partial charge in [-0.15, -0.1) is 0 Å². The molecule has 0 spiro atoms. The number of nitrogen functional groups attached to an aromatic ring is 1. The van der Waals surface area contributed by atoms with Crippen LogP contribution in [0.5, 0.6) is 0 Å². The molecule has 0 amide bonds. The molecule has 1 atom stereocenters. The number of likely N-dealkylation sites (tertiary alicyclic amines) is 1. The van der Waals surface area contributed by atoms with Gasteiger partial charge in [0.15, 0.2) is 0 Å². The molecule has 0 unspecified atom stereocenters. The maximum Gasteiger partial charge on any atom is 0.0667 e. The molecule has 2 heterocycles. The van der Waals surface area contributed by atoms with Gasteiger partial charge >= 0.3 is 0 Å². The van der Waals surface area contributed by atoms with Gasteiger partial charge in [-0.1, -0.05) is 0 Å². The maximum absolute atomic E-state index is 9.80. The third-order valence-corrected chi connectivity index (χ3v) is 4.67. The van der Waals surface area contributed by atoms with Crippen molar-refractivity contribution in [2.75, 3.05) is 36.8 Å². The normalized spacial score (nSPS) is 25.9. The Morgan fingerprint density at radius 2 is 1.70 bits per heavy atom. The molecule has 0 saturated carbocycles. The van der Waals surface area contributed by atoms with Crippen LogP contribution in [0.15, 0.2) is 24.3 Å². The van der Waals surface area contributed by atoms with Crippen molar-refractivity contribution in [2.24, 2.45) is 0 Å². The highest BCUT2D eigenvalue weighted by molar-refractivity contribution is 5.53. The van der Waals surface area contributed by atoms with E-state index in [-0.39, 0.29) is 6.10 Å². The van der Waals surface area contributed by atoms with E-state index in [0.29, 0.717) is 6.04 Å². The van der Waals surface area contributed by atoms with Crippen LogP contribution in [0.2, 0.25) is 0 Å². The molecule has 2 aliphatic rings. The summed E-state index contributed by atoms with van der Waals surface area (Å²) in [6.07, 6.45) is 4.38. The zero-order valence-electron chi connectivity index (χ0n) is 12.0. The average molecular weight is 275 g/mol. The second kappa shape index (κ2) is 6.02. The second-order valence-corrected chi connectivity index (χ2v) is 6.10. The highest BCUT2D eigenvalue weighted by Crippen LogP contribution is 2.25. The first kappa shape index (κ1) is 13.7. The van der Waals surface area contributed by atoms with Crippen molar-refractivity contribution in [3.05, 3.63) is 24.3 Å². The Hall–Kier alpha value is -1.26. The molecule has 4 nitrogen and oxygen atoms in total. The second-order valence-electron chi connectivity index (χ2n) is 6.10. The molecule has 2 aliphatic heterocycles. The van der Waals surface area contributed by atoms with Gasteiger partial charge in [-0.2, -0.15) is 0 Å². The van der Waals surface area contributed by atoms with Gasteiger partial charge < -0.3 is 15.7 Å². The summed E-state index contributed by atoms with van der Waals surface area (Å²) in [6.45, 7) is 4.22. The van der Waals surface area contributed by atoms with E-state index >= 15 is 0 Å². The zero-order valence-corrected chi connectivity index (χ0v) is 12.0. The predicted octanol–water partition coefficient (Wildman–Crippen LogP) is 1.69. The van der Waals surface area contributed by atoms with Crippen molar-refractivity contribution < 1.29 is 5.11 Å². The number of hydrogen-bond acceptors (Lipinski definition) is 4. The summed E-state index contributed by atoms with van der Waals surface area (Å²) in [5.41, 5.74) is 7.84. The Morgan fingerprint density at radius 3 is 2.35 bits per heavy atom. The van der Waals surface area contributed by atoms with E-state index in [9.17, 15) is 5.11 Å². The summed E-state index contributed by atoms with van der Waals surface area (Å²) < 4.78 is 0. The van der Waals surface area contributed by atoms with Crippen LogP contribution in [0.3, 0.4) is 0 Å². The van der Waals surface area contributed by atoms with Crippen LogP contribution in [0.1, 0.15) is 25.7 Å². The topological polar surface area (TPSA) is 52.7 Å². The monoisotopic (exact) mass is 275 g/mol. The summed E-state index contributed by atoms with van der Waals surface area (Å²) >= 11 is 0. The van der Waals surface area contributed by atoms with E-state index in [1.54, 1.807) is 0 Å². The Labute approximate surface area is 121 Å². The third kappa shape index (κ3) is 3.07. The van der Waals surface area contributed by atoms with E-state index in [2.05, 4.69) is 21.9 Å². The molecular weight excluding hydrogens is 250 g/mol. The van der Waals surface area contributed by atoms with Gasteiger partial charge in [0.25, 0.3) is 0 Å². The van der Waals surface area contributed by atoms with Crippen molar-refractivity contribution >= 4 is 11.4 Å². The first-order valence-corrected chi connectivity index (χ1v) is 7.75. The van der Waals surface area contributed by atoms with Gasteiger partial charge in [0.05, 0.1) is 6.10 Å². The standard InChI is InChI=1S/C16H25N3O/c17-13-3-5-14(6-4-13)18-10-7-15(8-11-18)19-9-1-2-16(20)12-19/h3-6,15-16,20H,1-2,7-12,17H2/t16-/m0/s1. The quantitative estimate of drug-likeness (QED) is 0.807. The lowest BCUT2D eigenvalue weighted by molar-refractivity contribution is 0.0398. The highest BCUT2D eigenvalue weighted by atomic mass is 16.3. The average Bonchev–Trinajstić information content (AvgIpc) is 2.48. The Kier molecular flexibility index (Phi) is 4.13. The number of nitrogens with two attached hydrogens (primary N) is 1. The van der Waals surface area contributed by atoms with Crippen molar-refractivity contribution in [3.8, 4) is 0 Å².